The van der Waals surface area contributed by atoms with Crippen LogP contribution in [0.15, 0.2) is 0 Å². The summed E-state index contributed by atoms with van der Waals surface area (Å²) >= 11 is 0. The highest BCUT2D eigenvalue weighted by molar-refractivity contribution is 5.04. The summed E-state index contributed by atoms with van der Waals surface area (Å²) in [6.45, 7) is 0. The fraction of sp³-hybridized carbons (Fsp3) is 1.00. The Morgan fingerprint density at radius 2 is 0.923 bits per heavy atom. The van der Waals surface area contributed by atoms with Gasteiger partial charge in [-0.25, -0.2) is 4.74 Å². The smallest absolute Gasteiger partial charge is 0.220 e. The average molecular weight is 432 g/mol. The van der Waals surface area contributed by atoms with Gasteiger partial charge in [-0.05, 0) is 0 Å². The molecule has 0 radical (unpaired) electrons. The molecule has 0 atom stereocenters. The van der Waals surface area contributed by atoms with E-state index in [2.05, 4.69) is 0 Å². The van der Waals surface area contributed by atoms with Gasteiger partial charge in [-0.2, -0.15) is 57.1 Å². The molecule has 156 valence electrons. The average Bonchev–Trinajstić information content (AvgIpc) is 2.30. The highest BCUT2D eigenvalue weighted by atomic mass is 19.4. The molecule has 0 amide bonds. The molecule has 1 aliphatic rings. The van der Waals surface area contributed by atoms with Gasteiger partial charge in [0.15, 0.2) is 0 Å². The first kappa shape index (κ1) is 22.8. The summed E-state index contributed by atoms with van der Waals surface area (Å²) < 4.78 is 203. The lowest BCUT2D eigenvalue weighted by atomic mass is 10.3. The molecule has 0 aromatic carbocycles. The molecule has 1 saturated heterocycles. The summed E-state index contributed by atoms with van der Waals surface area (Å²) in [6, 6.07) is -22.4. The minimum absolute atomic E-state index is 1.34. The summed E-state index contributed by atoms with van der Waals surface area (Å²) in [4.78, 5) is -7.82. The van der Waals surface area contributed by atoms with Crippen molar-refractivity contribution >= 4 is 0 Å². The lowest BCUT2D eigenvalue weighted by Gasteiger charge is -2.37. The Kier molecular flexibility index (Phi) is 4.73. The van der Waals surface area contributed by atoms with E-state index in [1.165, 1.54) is 4.74 Å². The molecule has 0 aromatic heterocycles. The molecule has 1 rings (SSSR count). The van der Waals surface area contributed by atoms with Gasteiger partial charge in [-0.15, -0.1) is 13.2 Å². The van der Waals surface area contributed by atoms with Crippen LogP contribution in [0.3, 0.4) is 0 Å². The van der Waals surface area contributed by atoms with Gasteiger partial charge in [0, 0.05) is 0 Å². The van der Waals surface area contributed by atoms with Crippen LogP contribution < -0.4 is 0 Å². The van der Waals surface area contributed by atoms with Crippen LogP contribution >= 0.6 is 0 Å². The van der Waals surface area contributed by atoms with E-state index in [-0.39, 0.29) is 0 Å². The molecule has 0 aromatic rings. The van der Waals surface area contributed by atoms with Crippen molar-refractivity contribution in [2.45, 2.75) is 43.1 Å². The third-order valence-corrected chi connectivity index (χ3v) is 2.59. The summed E-state index contributed by atoms with van der Waals surface area (Å²) in [5.74, 6) is 0. The largest absolute Gasteiger partial charge is 0.527 e. The third kappa shape index (κ3) is 3.12. The van der Waals surface area contributed by atoms with Crippen molar-refractivity contribution in [1.82, 2.24) is 9.80 Å². The van der Waals surface area contributed by atoms with Crippen molar-refractivity contribution in [3.05, 3.63) is 0 Å². The molecule has 0 saturated carbocycles. The second kappa shape index (κ2) is 5.40. The first-order chi connectivity index (χ1) is 10.9. The Morgan fingerprint density at radius 3 is 1.19 bits per heavy atom. The third-order valence-electron chi connectivity index (χ3n) is 2.59. The van der Waals surface area contributed by atoms with Crippen molar-refractivity contribution in [1.29, 1.82) is 0 Å². The van der Waals surface area contributed by atoms with Gasteiger partial charge in [0.1, 0.15) is 0 Å². The normalized spacial score (nSPS) is 24.9. The zero-order valence-corrected chi connectivity index (χ0v) is 10.9. The van der Waals surface area contributed by atoms with Crippen molar-refractivity contribution < 1.29 is 75.0 Å². The second-order valence-electron chi connectivity index (χ2n) is 4.34. The maximum atomic E-state index is 13.2. The molecule has 0 unspecified atom stereocenters. The lowest BCUT2D eigenvalue weighted by molar-refractivity contribution is -0.513. The summed E-state index contributed by atoms with van der Waals surface area (Å²) in [5.41, 5.74) is 0. The Hall–Kier alpha value is -1.24. The predicted molar refractivity (Wildman–Crippen MR) is 41.6 cm³/mol. The van der Waals surface area contributed by atoms with E-state index in [0.29, 0.717) is 0 Å². The molecule has 0 bridgehead atoms. The Balaban J connectivity index is 3.65. The first-order valence-corrected chi connectivity index (χ1v) is 5.27. The first-order valence-electron chi connectivity index (χ1n) is 5.27. The number of nitrogens with zero attached hydrogens (tertiary/aromatic N) is 2. The molecule has 3 nitrogen and oxygen atoms in total. The topological polar surface area (TPSA) is 15.7 Å². The predicted octanol–water partition coefficient (Wildman–Crippen LogP) is 4.58. The van der Waals surface area contributed by atoms with Crippen LogP contribution in [0.4, 0.5) is 70.2 Å². The van der Waals surface area contributed by atoms with Crippen LogP contribution in [0.1, 0.15) is 0 Å². The fourth-order valence-electron chi connectivity index (χ4n) is 1.70. The monoisotopic (exact) mass is 432 g/mol. The highest BCUT2D eigenvalue weighted by Gasteiger charge is 2.93. The van der Waals surface area contributed by atoms with Crippen LogP contribution in [0.2, 0.25) is 0 Å². The molecule has 1 aliphatic heterocycles. The van der Waals surface area contributed by atoms with E-state index in [4.69, 9.17) is 0 Å². The van der Waals surface area contributed by atoms with Crippen molar-refractivity contribution in [2.75, 3.05) is 0 Å². The Bertz CT molecular complexity index is 548. The van der Waals surface area contributed by atoms with Crippen molar-refractivity contribution in [3.8, 4) is 0 Å². The van der Waals surface area contributed by atoms with Crippen LogP contribution in [0.25, 0.3) is 0 Å². The zero-order chi connectivity index (χ0) is 21.4. The quantitative estimate of drug-likeness (QED) is 0.480. The molecule has 0 N–H and O–H groups in total. The Labute approximate surface area is 129 Å². The maximum Gasteiger partial charge on any atom is 0.527 e. The van der Waals surface area contributed by atoms with Crippen molar-refractivity contribution in [2.24, 2.45) is 0 Å². The number of hydrogen-bond donors (Lipinski definition) is 0. The summed E-state index contributed by atoms with van der Waals surface area (Å²) in [6.07, 6.45) is -28.8. The van der Waals surface area contributed by atoms with Crippen LogP contribution in [0.5, 0.6) is 0 Å². The van der Waals surface area contributed by atoms with Gasteiger partial charge in [0.25, 0.3) is 0 Å². The van der Waals surface area contributed by atoms with Gasteiger partial charge in [-0.3, -0.25) is 0 Å². The second-order valence-corrected chi connectivity index (χ2v) is 4.34. The van der Waals surface area contributed by atoms with E-state index >= 15 is 0 Å². The van der Waals surface area contributed by atoms with Gasteiger partial charge in [-0.1, -0.05) is 9.80 Å². The van der Waals surface area contributed by atoms with E-state index in [1.54, 1.807) is 0 Å². The fourth-order valence-corrected chi connectivity index (χ4v) is 1.70. The molecule has 0 aliphatic carbocycles. The summed E-state index contributed by atoms with van der Waals surface area (Å²) in [7, 11) is 0. The van der Waals surface area contributed by atoms with E-state index in [0.717, 1.165) is 0 Å². The molecule has 19 heteroatoms. The van der Waals surface area contributed by atoms with E-state index in [1.807, 2.05) is 0 Å². The molecule has 0 spiro atoms. The van der Waals surface area contributed by atoms with Gasteiger partial charge in [0.05, 0.1) is 0 Å². The summed E-state index contributed by atoms with van der Waals surface area (Å²) in [5, 5.41) is 0. The molecular weight excluding hydrogens is 432 g/mol. The van der Waals surface area contributed by atoms with E-state index < -0.39 is 52.9 Å². The molecule has 1 fully saturated rings. The SMILES string of the molecule is FC(F)(F)OC(F)(F)C(F)(F)N1C(F)(F)N(C(F)(F)F)C(F)(F)C1(F)F. The van der Waals surface area contributed by atoms with Crippen molar-refractivity contribution in [3.63, 3.8) is 0 Å². The zero-order valence-electron chi connectivity index (χ0n) is 10.9. The van der Waals surface area contributed by atoms with Crippen LogP contribution in [0, 0.1) is 0 Å². The van der Waals surface area contributed by atoms with Gasteiger partial charge >= 0.3 is 43.1 Å². The minimum atomic E-state index is -7.71. The van der Waals surface area contributed by atoms with E-state index in [9.17, 15) is 70.2 Å². The number of ether oxygens (including phenoxy) is 1. The highest BCUT2D eigenvalue weighted by Crippen LogP contribution is 2.63. The molecule has 1 heterocycles. The number of alkyl halides is 16. The maximum absolute atomic E-state index is 13.2. The standard InChI is InChI=1S/C7F16N2O/c8-1(9)2(10,11)25(5(16,17)18)7(22,23)24(1)3(12,13)4(14,15)26-6(19,20)21. The lowest BCUT2D eigenvalue weighted by Crippen LogP contribution is -2.66. The Morgan fingerprint density at radius 1 is 0.577 bits per heavy atom. The van der Waals surface area contributed by atoms with Crippen LogP contribution in [-0.2, 0) is 4.74 Å². The van der Waals surface area contributed by atoms with Gasteiger partial charge < -0.3 is 0 Å². The molecule has 26 heavy (non-hydrogen) atoms. The minimum Gasteiger partial charge on any atom is -0.220 e. The van der Waals surface area contributed by atoms with Crippen LogP contribution in [-0.4, -0.2) is 52.9 Å². The number of hydrogen-bond acceptors (Lipinski definition) is 3. The molecular formula is C7F16N2O. The number of rotatable bonds is 3. The number of halogens is 16. The van der Waals surface area contributed by atoms with Gasteiger partial charge in [0.2, 0.25) is 0 Å².